The van der Waals surface area contributed by atoms with Gasteiger partial charge in [-0.05, 0) is 13.8 Å². The highest BCUT2D eigenvalue weighted by Crippen LogP contribution is 2.18. The van der Waals surface area contributed by atoms with E-state index in [0.717, 1.165) is 9.80 Å². The molecule has 0 saturated carbocycles. The van der Waals surface area contributed by atoms with E-state index in [-0.39, 0.29) is 37.7 Å². The van der Waals surface area contributed by atoms with Crippen molar-refractivity contribution in [3.05, 3.63) is 0 Å². The molecule has 2 fully saturated rings. The molecular formula is C20H32N6O8S2. The molecule has 0 spiro atoms. The second-order valence-electron chi connectivity index (χ2n) is 8.49. The van der Waals surface area contributed by atoms with Crippen molar-refractivity contribution in [1.29, 1.82) is 0 Å². The van der Waals surface area contributed by atoms with Crippen molar-refractivity contribution in [3.8, 4) is 0 Å². The highest BCUT2D eigenvalue weighted by atomic mass is 32.1. The van der Waals surface area contributed by atoms with Crippen LogP contribution in [0, 0.1) is 0 Å². The van der Waals surface area contributed by atoms with Crippen LogP contribution in [0.15, 0.2) is 0 Å². The van der Waals surface area contributed by atoms with E-state index in [1.807, 2.05) is 0 Å². The van der Waals surface area contributed by atoms with Crippen LogP contribution in [0.5, 0.6) is 0 Å². The second kappa shape index (κ2) is 13.3. The van der Waals surface area contributed by atoms with E-state index in [1.54, 1.807) is 23.6 Å². The molecule has 36 heavy (non-hydrogen) atoms. The summed E-state index contributed by atoms with van der Waals surface area (Å²) in [6.45, 7) is 1.96. The Labute approximate surface area is 219 Å². The van der Waals surface area contributed by atoms with Crippen molar-refractivity contribution >= 4 is 60.8 Å². The van der Waals surface area contributed by atoms with Crippen molar-refractivity contribution in [2.24, 2.45) is 11.5 Å². The fourth-order valence-electron chi connectivity index (χ4n) is 3.52. The normalized spacial score (nSPS) is 21.3. The average molecular weight is 549 g/mol. The van der Waals surface area contributed by atoms with Gasteiger partial charge in [0.25, 0.3) is 0 Å². The van der Waals surface area contributed by atoms with Crippen molar-refractivity contribution in [2.75, 3.05) is 51.1 Å². The number of thiol groups is 2. The first kappa shape index (κ1) is 30.0. The number of imide groups is 2. The first-order valence-electron chi connectivity index (χ1n) is 11.1. The van der Waals surface area contributed by atoms with Crippen LogP contribution in [-0.4, -0.2) is 130 Å². The molecule has 2 saturated heterocycles. The molecule has 0 radical (unpaired) electrons. The number of carbonyl (C=O) groups excluding carboxylic acids is 6. The monoisotopic (exact) mass is 548 g/mol. The Bertz CT molecular complexity index is 786. The quantitative estimate of drug-likeness (QED) is 0.114. The summed E-state index contributed by atoms with van der Waals surface area (Å²) in [5.41, 5.74) is 11.0. The Balaban J connectivity index is 1.92. The molecule has 2 aliphatic heterocycles. The maximum absolute atomic E-state index is 12.6. The first-order valence-corrected chi connectivity index (χ1v) is 12.4. The lowest BCUT2D eigenvalue weighted by molar-refractivity contribution is -0.169. The standard InChI is InChI=1S/C20H32N6O8S2/c1-11(23-3-15(27)25(16(28)4-23)9-33-19(31)13(21)7-35)12(2)24-5-17(29)26(18(30)6-24)10-34-20(32)14(22)8-36/h11-14,35-36H,3-10,21-22H2,1-2H3. The predicted molar refractivity (Wildman–Crippen MR) is 131 cm³/mol. The fraction of sp³-hybridized carbons (Fsp3) is 0.700. The molecule has 2 aliphatic rings. The zero-order valence-corrected chi connectivity index (χ0v) is 21.9. The van der Waals surface area contributed by atoms with Gasteiger partial charge >= 0.3 is 11.9 Å². The minimum absolute atomic E-state index is 0.0541. The minimum Gasteiger partial charge on any atom is -0.443 e. The summed E-state index contributed by atoms with van der Waals surface area (Å²) < 4.78 is 9.85. The van der Waals surface area contributed by atoms with Crippen molar-refractivity contribution < 1.29 is 38.2 Å². The van der Waals surface area contributed by atoms with Crippen LogP contribution in [0.3, 0.4) is 0 Å². The van der Waals surface area contributed by atoms with Gasteiger partial charge in [0.15, 0.2) is 13.5 Å². The van der Waals surface area contributed by atoms with E-state index in [2.05, 4.69) is 25.3 Å². The number of hydrogen-bond acceptors (Lipinski definition) is 14. The van der Waals surface area contributed by atoms with Gasteiger partial charge in [0.2, 0.25) is 23.6 Å². The summed E-state index contributed by atoms with van der Waals surface area (Å²) in [6, 6.07) is -2.72. The van der Waals surface area contributed by atoms with Gasteiger partial charge in [-0.25, -0.2) is 9.80 Å². The smallest absolute Gasteiger partial charge is 0.325 e. The van der Waals surface area contributed by atoms with Gasteiger partial charge in [-0.3, -0.25) is 38.6 Å². The third-order valence-corrected chi connectivity index (χ3v) is 6.87. The summed E-state index contributed by atoms with van der Waals surface area (Å²) in [5, 5.41) is 0. The van der Waals surface area contributed by atoms with Crippen molar-refractivity contribution in [3.63, 3.8) is 0 Å². The summed E-state index contributed by atoms with van der Waals surface area (Å²) >= 11 is 7.79. The molecule has 0 aromatic carbocycles. The second-order valence-corrected chi connectivity index (χ2v) is 9.22. The third kappa shape index (κ3) is 7.39. The molecule has 0 aliphatic carbocycles. The topological polar surface area (TPSA) is 186 Å². The Morgan fingerprint density at radius 3 is 1.25 bits per heavy atom. The molecule has 16 heteroatoms. The number of ether oxygens (including phenoxy) is 2. The summed E-state index contributed by atoms with van der Waals surface area (Å²) in [6.07, 6.45) is 0. The molecule has 0 aromatic heterocycles. The SMILES string of the molecule is CC(C(C)N1CC(=O)N(COC(=O)C(N)CS)C(=O)C1)N1CC(=O)N(COC(=O)C(N)CS)C(=O)C1. The molecule has 2 rings (SSSR count). The number of rotatable bonds is 11. The highest BCUT2D eigenvalue weighted by molar-refractivity contribution is 7.80. The zero-order chi connectivity index (χ0) is 27.2. The largest absolute Gasteiger partial charge is 0.443 e. The Morgan fingerprint density at radius 2 is 1.00 bits per heavy atom. The molecule has 0 aromatic rings. The van der Waals surface area contributed by atoms with Gasteiger partial charge in [0.1, 0.15) is 12.1 Å². The molecule has 202 valence electrons. The molecule has 4 amide bonds. The molecule has 4 unspecified atom stereocenters. The Morgan fingerprint density at radius 1 is 0.722 bits per heavy atom. The van der Waals surface area contributed by atoms with Crippen LogP contribution in [0.2, 0.25) is 0 Å². The van der Waals surface area contributed by atoms with Gasteiger partial charge in [-0.1, -0.05) is 0 Å². The van der Waals surface area contributed by atoms with Gasteiger partial charge < -0.3 is 20.9 Å². The Hall–Kier alpha value is -2.24. The third-order valence-electron chi connectivity index (χ3n) is 6.08. The Kier molecular flexibility index (Phi) is 11.1. The number of esters is 2. The number of piperazine rings is 2. The molecule has 2 heterocycles. The summed E-state index contributed by atoms with van der Waals surface area (Å²) in [4.78, 5) is 78.6. The van der Waals surface area contributed by atoms with Crippen LogP contribution < -0.4 is 11.5 Å². The molecular weight excluding hydrogens is 516 g/mol. The summed E-state index contributed by atoms with van der Waals surface area (Å²) in [7, 11) is 0. The number of amides is 4. The van der Waals surface area contributed by atoms with Gasteiger partial charge in [-0.2, -0.15) is 25.3 Å². The van der Waals surface area contributed by atoms with E-state index < -0.39 is 73.2 Å². The molecule has 0 bridgehead atoms. The van der Waals surface area contributed by atoms with Crippen molar-refractivity contribution in [1.82, 2.24) is 19.6 Å². The van der Waals surface area contributed by atoms with E-state index in [0.29, 0.717) is 0 Å². The zero-order valence-electron chi connectivity index (χ0n) is 20.1. The maximum Gasteiger partial charge on any atom is 0.325 e. The first-order chi connectivity index (χ1) is 16.9. The lowest BCUT2D eigenvalue weighted by atomic mass is 10.1. The number of hydrogen-bond donors (Lipinski definition) is 4. The van der Waals surface area contributed by atoms with Gasteiger partial charge in [0.05, 0.1) is 26.2 Å². The number of nitrogens with zero attached hydrogens (tertiary/aromatic N) is 4. The van der Waals surface area contributed by atoms with Crippen LogP contribution in [-0.2, 0) is 38.2 Å². The van der Waals surface area contributed by atoms with E-state index in [9.17, 15) is 28.8 Å². The lowest BCUT2D eigenvalue weighted by Crippen LogP contribution is -2.63. The van der Waals surface area contributed by atoms with Crippen LogP contribution in [0.25, 0.3) is 0 Å². The molecule has 14 nitrogen and oxygen atoms in total. The predicted octanol–water partition coefficient (Wildman–Crippen LogP) is -3.38. The number of nitrogens with two attached hydrogens (primary N) is 2. The van der Waals surface area contributed by atoms with Crippen molar-refractivity contribution in [2.45, 2.75) is 38.0 Å². The lowest BCUT2D eigenvalue weighted by Gasteiger charge is -2.43. The minimum atomic E-state index is -0.968. The van der Waals surface area contributed by atoms with Gasteiger partial charge in [0, 0.05) is 23.6 Å². The van der Waals surface area contributed by atoms with Crippen LogP contribution >= 0.6 is 25.3 Å². The van der Waals surface area contributed by atoms with Gasteiger partial charge in [-0.15, -0.1) is 0 Å². The fourth-order valence-corrected chi connectivity index (χ4v) is 3.82. The summed E-state index contributed by atoms with van der Waals surface area (Å²) in [5.74, 6) is -3.68. The highest BCUT2D eigenvalue weighted by Gasteiger charge is 2.40. The van der Waals surface area contributed by atoms with E-state index >= 15 is 0 Å². The van der Waals surface area contributed by atoms with E-state index in [1.165, 1.54) is 0 Å². The van der Waals surface area contributed by atoms with E-state index in [4.69, 9.17) is 20.9 Å². The molecule has 4 N–H and O–H groups in total. The van der Waals surface area contributed by atoms with Crippen LogP contribution in [0.4, 0.5) is 0 Å². The number of carbonyl (C=O) groups is 6. The maximum atomic E-state index is 12.6. The average Bonchev–Trinajstić information content (AvgIpc) is 2.84. The molecule has 4 atom stereocenters. The van der Waals surface area contributed by atoms with Crippen LogP contribution in [0.1, 0.15) is 13.8 Å².